The van der Waals surface area contributed by atoms with Crippen LogP contribution in [0.25, 0.3) is 0 Å². The van der Waals surface area contributed by atoms with Gasteiger partial charge in [-0.2, -0.15) is 0 Å². The van der Waals surface area contributed by atoms with Gasteiger partial charge < -0.3 is 31.1 Å². The second-order valence-electron chi connectivity index (χ2n) is 7.04. The van der Waals surface area contributed by atoms with Gasteiger partial charge in [-0.1, -0.05) is 0 Å². The highest BCUT2D eigenvalue weighted by atomic mass is 16.5. The number of nitrogens with zero attached hydrogens (tertiary/aromatic N) is 3. The molecule has 0 bridgehead atoms. The van der Waals surface area contributed by atoms with Gasteiger partial charge in [0.15, 0.2) is 0 Å². The summed E-state index contributed by atoms with van der Waals surface area (Å²) in [7, 11) is 1.55. The molecular formula is C20H26N6O4. The van der Waals surface area contributed by atoms with Gasteiger partial charge in [0, 0.05) is 37.1 Å². The van der Waals surface area contributed by atoms with E-state index in [-0.39, 0.29) is 12.5 Å². The third kappa shape index (κ3) is 5.57. The van der Waals surface area contributed by atoms with Crippen molar-refractivity contribution in [2.24, 2.45) is 5.73 Å². The van der Waals surface area contributed by atoms with E-state index in [0.29, 0.717) is 17.3 Å². The monoisotopic (exact) mass is 414 g/mol. The lowest BCUT2D eigenvalue weighted by Crippen LogP contribution is -2.43. The zero-order valence-electron chi connectivity index (χ0n) is 16.7. The average molecular weight is 414 g/mol. The molecule has 10 nitrogen and oxygen atoms in total. The van der Waals surface area contributed by atoms with E-state index in [9.17, 15) is 9.59 Å². The Morgan fingerprint density at radius 3 is 2.63 bits per heavy atom. The first kappa shape index (κ1) is 21.3. The summed E-state index contributed by atoms with van der Waals surface area (Å²) in [6.45, 7) is 1.63. The van der Waals surface area contributed by atoms with Crippen molar-refractivity contribution in [1.29, 1.82) is 0 Å². The lowest BCUT2D eigenvalue weighted by atomic mass is 10.0. The molecule has 0 spiro atoms. The van der Waals surface area contributed by atoms with Crippen molar-refractivity contribution < 1.29 is 19.4 Å². The molecule has 0 radical (unpaired) electrons. The van der Waals surface area contributed by atoms with Crippen LogP contribution in [-0.4, -0.2) is 59.4 Å². The summed E-state index contributed by atoms with van der Waals surface area (Å²) >= 11 is 0. The minimum absolute atomic E-state index is 0.287. The zero-order chi connectivity index (χ0) is 21.5. The molecule has 1 aromatic heterocycles. The van der Waals surface area contributed by atoms with Crippen LogP contribution in [0.15, 0.2) is 36.7 Å². The van der Waals surface area contributed by atoms with Crippen LogP contribution in [0.3, 0.4) is 0 Å². The number of rotatable bonds is 8. The molecule has 1 saturated heterocycles. The van der Waals surface area contributed by atoms with Gasteiger partial charge in [-0.15, -0.1) is 0 Å². The van der Waals surface area contributed by atoms with Gasteiger partial charge in [0.05, 0.1) is 25.4 Å². The summed E-state index contributed by atoms with van der Waals surface area (Å²) in [6, 6.07) is 7.23. The van der Waals surface area contributed by atoms with Gasteiger partial charge in [-0.25, -0.2) is 9.97 Å². The molecular weight excluding hydrogens is 388 g/mol. The number of ether oxygens (including phenoxy) is 1. The molecule has 2 aromatic rings. The molecule has 160 valence electrons. The molecule has 1 atom stereocenters. The number of nitrogens with two attached hydrogens (primary N) is 1. The van der Waals surface area contributed by atoms with Crippen LogP contribution in [0.5, 0.6) is 5.75 Å². The molecule has 1 unspecified atom stereocenters. The molecule has 1 aliphatic heterocycles. The maximum absolute atomic E-state index is 12.3. The summed E-state index contributed by atoms with van der Waals surface area (Å²) in [5, 5.41) is 14.6. The first-order chi connectivity index (χ1) is 14.5. The largest absolute Gasteiger partial charge is 0.495 e. The van der Waals surface area contributed by atoms with Gasteiger partial charge in [0.1, 0.15) is 5.75 Å². The maximum Gasteiger partial charge on any atom is 0.306 e. The molecule has 1 fully saturated rings. The molecule has 5 N–H and O–H groups in total. The van der Waals surface area contributed by atoms with Crippen LogP contribution >= 0.6 is 0 Å². The van der Waals surface area contributed by atoms with Crippen molar-refractivity contribution in [3.05, 3.63) is 42.2 Å². The zero-order valence-corrected chi connectivity index (χ0v) is 16.7. The fourth-order valence-electron chi connectivity index (χ4n) is 3.39. The minimum Gasteiger partial charge on any atom is -0.495 e. The number of hydrogen-bond acceptors (Lipinski definition) is 8. The number of carboxylic acids is 1. The number of carbonyl (C=O) groups excluding carboxylic acids is 1. The highest BCUT2D eigenvalue weighted by Crippen LogP contribution is 2.31. The number of hydrogen-bond donors (Lipinski definition) is 4. The third-order valence-electron chi connectivity index (χ3n) is 4.89. The average Bonchev–Trinajstić information content (AvgIpc) is 2.74. The Bertz CT molecular complexity index is 871. The molecule has 1 aromatic carbocycles. The quantitative estimate of drug-likeness (QED) is 0.466. The summed E-state index contributed by atoms with van der Waals surface area (Å²) < 4.78 is 5.50. The van der Waals surface area contributed by atoms with Crippen molar-refractivity contribution in [2.45, 2.75) is 31.5 Å². The third-order valence-corrected chi connectivity index (χ3v) is 4.89. The van der Waals surface area contributed by atoms with E-state index < -0.39 is 18.0 Å². The van der Waals surface area contributed by atoms with Crippen molar-refractivity contribution in [2.75, 3.05) is 30.4 Å². The lowest BCUT2D eigenvalue weighted by molar-refractivity contribution is -0.137. The number of piperidine rings is 1. The van der Waals surface area contributed by atoms with Crippen molar-refractivity contribution in [1.82, 2.24) is 15.3 Å². The van der Waals surface area contributed by atoms with Crippen molar-refractivity contribution >= 4 is 23.5 Å². The fraction of sp³-hybridized carbons (Fsp3) is 0.400. The number of aliphatic carboxylic acids is 1. The SMILES string of the molecule is COc1cc(C(=O)NC(N)CC(=O)O)ccc1N1CCC(Nc2ncccn2)CC1. The summed E-state index contributed by atoms with van der Waals surface area (Å²) in [6.07, 6.45) is 3.93. The highest BCUT2D eigenvalue weighted by Gasteiger charge is 2.23. The van der Waals surface area contributed by atoms with E-state index in [1.165, 1.54) is 0 Å². The Hall–Kier alpha value is -3.40. The van der Waals surface area contributed by atoms with Crippen LogP contribution in [0, 0.1) is 0 Å². The molecule has 30 heavy (non-hydrogen) atoms. The predicted molar refractivity (Wildman–Crippen MR) is 112 cm³/mol. The van der Waals surface area contributed by atoms with Crippen molar-refractivity contribution in [3.63, 3.8) is 0 Å². The minimum atomic E-state index is -1.08. The van der Waals surface area contributed by atoms with E-state index in [1.54, 1.807) is 37.7 Å². The second kappa shape index (κ2) is 9.88. The van der Waals surface area contributed by atoms with E-state index in [2.05, 4.69) is 25.5 Å². The number of anilines is 2. The lowest BCUT2D eigenvalue weighted by Gasteiger charge is -2.34. The van der Waals surface area contributed by atoms with Gasteiger partial charge in [-0.05, 0) is 37.1 Å². The molecule has 1 aliphatic rings. The molecule has 3 rings (SSSR count). The van der Waals surface area contributed by atoms with Crippen LogP contribution in [-0.2, 0) is 4.79 Å². The van der Waals surface area contributed by atoms with Gasteiger partial charge in [0.2, 0.25) is 5.95 Å². The summed E-state index contributed by atoms with van der Waals surface area (Å²) in [5.41, 5.74) is 6.89. The highest BCUT2D eigenvalue weighted by molar-refractivity contribution is 5.95. The molecule has 10 heteroatoms. The number of methoxy groups -OCH3 is 1. The van der Waals surface area contributed by atoms with Crippen LogP contribution in [0.1, 0.15) is 29.6 Å². The molecule has 2 heterocycles. The number of amides is 1. The maximum atomic E-state index is 12.3. The van der Waals surface area contributed by atoms with Gasteiger partial charge in [-0.3, -0.25) is 9.59 Å². The van der Waals surface area contributed by atoms with Crippen LogP contribution < -0.4 is 26.0 Å². The summed E-state index contributed by atoms with van der Waals surface area (Å²) in [4.78, 5) is 33.7. The Morgan fingerprint density at radius 2 is 2.00 bits per heavy atom. The fourth-order valence-corrected chi connectivity index (χ4v) is 3.39. The van der Waals surface area contributed by atoms with E-state index in [4.69, 9.17) is 15.6 Å². The van der Waals surface area contributed by atoms with E-state index in [1.807, 2.05) is 6.07 Å². The van der Waals surface area contributed by atoms with Crippen LogP contribution in [0.4, 0.5) is 11.6 Å². The number of benzene rings is 1. The number of carboxylic acid groups (broad SMARTS) is 1. The Morgan fingerprint density at radius 1 is 1.30 bits per heavy atom. The molecule has 0 aliphatic carbocycles. The molecule has 0 saturated carbocycles. The van der Waals surface area contributed by atoms with E-state index >= 15 is 0 Å². The summed E-state index contributed by atoms with van der Waals surface area (Å²) in [5.74, 6) is -0.316. The Balaban J connectivity index is 1.61. The number of carbonyl (C=O) groups is 2. The standard InChI is InChI=1S/C20H26N6O4/c1-30-16-11-13(19(29)25-17(21)12-18(27)28)3-4-15(16)26-9-5-14(6-10-26)24-20-22-7-2-8-23-20/h2-4,7-8,11,14,17H,5-6,9-10,12,21H2,1H3,(H,25,29)(H,27,28)(H,22,23,24). The van der Waals surface area contributed by atoms with Gasteiger partial charge >= 0.3 is 5.97 Å². The number of aromatic nitrogens is 2. The predicted octanol–water partition coefficient (Wildman–Crippen LogP) is 1.06. The Kier molecular flexibility index (Phi) is 7.02. The second-order valence-corrected chi connectivity index (χ2v) is 7.04. The van der Waals surface area contributed by atoms with Gasteiger partial charge in [0.25, 0.3) is 5.91 Å². The van der Waals surface area contributed by atoms with E-state index in [0.717, 1.165) is 31.6 Å². The normalized spacial score (nSPS) is 15.3. The first-order valence-corrected chi connectivity index (χ1v) is 9.71. The molecule has 1 amide bonds. The smallest absolute Gasteiger partial charge is 0.306 e. The first-order valence-electron chi connectivity index (χ1n) is 9.71. The van der Waals surface area contributed by atoms with Crippen LogP contribution in [0.2, 0.25) is 0 Å². The number of nitrogens with one attached hydrogen (secondary N) is 2. The topological polar surface area (TPSA) is 143 Å². The Labute approximate surface area is 174 Å². The van der Waals surface area contributed by atoms with Crippen molar-refractivity contribution in [3.8, 4) is 5.75 Å².